The maximum absolute atomic E-state index is 12.3. The lowest BCUT2D eigenvalue weighted by Crippen LogP contribution is -2.45. The molecule has 1 aliphatic rings. The van der Waals surface area contributed by atoms with Crippen molar-refractivity contribution in [3.05, 3.63) is 54.9 Å². The second kappa shape index (κ2) is 7.77. The fraction of sp³-hybridized carbons (Fsp3) is 0.300. The molecule has 2 aromatic carbocycles. The Labute approximate surface area is 157 Å². The third kappa shape index (κ3) is 3.79. The molecule has 0 unspecified atom stereocenters. The minimum absolute atomic E-state index is 0.0994. The Morgan fingerprint density at radius 2 is 2.04 bits per heavy atom. The van der Waals surface area contributed by atoms with Crippen LogP contribution in [0.5, 0.6) is 0 Å². The van der Waals surface area contributed by atoms with E-state index in [1.165, 1.54) is 0 Å². The van der Waals surface area contributed by atoms with Gasteiger partial charge in [0.15, 0.2) is 0 Å². The maximum Gasteiger partial charge on any atom is 0.319 e. The molecule has 2 heterocycles. The number of nitrogens with zero attached hydrogens (tertiary/aromatic N) is 2. The smallest absolute Gasteiger partial charge is 0.319 e. The molecule has 0 bridgehead atoms. The van der Waals surface area contributed by atoms with E-state index in [-0.39, 0.29) is 18.2 Å². The highest BCUT2D eigenvalue weighted by molar-refractivity contribution is 5.89. The van der Waals surface area contributed by atoms with E-state index in [2.05, 4.69) is 15.6 Å². The third-order valence-corrected chi connectivity index (χ3v) is 4.58. The Kier molecular flexibility index (Phi) is 5.04. The van der Waals surface area contributed by atoms with Crippen LogP contribution in [-0.4, -0.2) is 47.5 Å². The molecule has 1 aliphatic heterocycles. The Bertz CT molecular complexity index is 922. The summed E-state index contributed by atoms with van der Waals surface area (Å²) in [6, 6.07) is 15.2. The standard InChI is InChI=1S/C20H22N4O3/c1-2-27-19-12-26-11-17(19)23-20(25)22-14-7-9-15(10-8-14)24-13-21-16-5-3-4-6-18(16)24/h3-10,13,17,19H,2,11-12H2,1H3,(H2,22,23,25)/t17-,19-/m1/s1. The molecule has 2 atom stereocenters. The van der Waals surface area contributed by atoms with Gasteiger partial charge in [0.1, 0.15) is 12.4 Å². The van der Waals surface area contributed by atoms with E-state index < -0.39 is 0 Å². The molecule has 7 heteroatoms. The lowest BCUT2D eigenvalue weighted by Gasteiger charge is -2.19. The highest BCUT2D eigenvalue weighted by Gasteiger charge is 2.30. The number of urea groups is 1. The zero-order chi connectivity index (χ0) is 18.6. The van der Waals surface area contributed by atoms with Gasteiger partial charge >= 0.3 is 6.03 Å². The molecule has 1 fully saturated rings. The van der Waals surface area contributed by atoms with Gasteiger partial charge in [0, 0.05) is 18.0 Å². The largest absolute Gasteiger partial charge is 0.376 e. The van der Waals surface area contributed by atoms with Crippen molar-refractivity contribution in [2.45, 2.75) is 19.1 Å². The number of amides is 2. The fourth-order valence-corrected chi connectivity index (χ4v) is 3.25. The van der Waals surface area contributed by atoms with Gasteiger partial charge < -0.3 is 20.1 Å². The van der Waals surface area contributed by atoms with Crippen LogP contribution in [0.4, 0.5) is 10.5 Å². The number of aromatic nitrogens is 2. The molecule has 2 N–H and O–H groups in total. The molecular weight excluding hydrogens is 344 g/mol. The number of anilines is 1. The first-order chi connectivity index (χ1) is 13.2. The van der Waals surface area contributed by atoms with E-state index >= 15 is 0 Å². The Hall–Kier alpha value is -2.90. The van der Waals surface area contributed by atoms with Crippen LogP contribution in [0.2, 0.25) is 0 Å². The van der Waals surface area contributed by atoms with Gasteiger partial charge in [-0.15, -0.1) is 0 Å². The molecule has 0 aliphatic carbocycles. The van der Waals surface area contributed by atoms with Gasteiger partial charge in [-0.05, 0) is 43.3 Å². The first-order valence-corrected chi connectivity index (χ1v) is 9.04. The van der Waals surface area contributed by atoms with Gasteiger partial charge in [-0.25, -0.2) is 9.78 Å². The number of ether oxygens (including phenoxy) is 2. The maximum atomic E-state index is 12.3. The summed E-state index contributed by atoms with van der Waals surface area (Å²) in [5.41, 5.74) is 3.68. The lowest BCUT2D eigenvalue weighted by atomic mass is 10.2. The Morgan fingerprint density at radius 1 is 1.22 bits per heavy atom. The number of rotatable bonds is 5. The van der Waals surface area contributed by atoms with Crippen molar-refractivity contribution >= 4 is 22.8 Å². The van der Waals surface area contributed by atoms with Gasteiger partial charge in [-0.1, -0.05) is 12.1 Å². The molecule has 1 aromatic heterocycles. The molecule has 27 heavy (non-hydrogen) atoms. The average Bonchev–Trinajstić information content (AvgIpc) is 3.30. The molecule has 0 spiro atoms. The lowest BCUT2D eigenvalue weighted by molar-refractivity contribution is 0.0428. The highest BCUT2D eigenvalue weighted by Crippen LogP contribution is 2.19. The van der Waals surface area contributed by atoms with Crippen molar-refractivity contribution in [3.8, 4) is 5.69 Å². The van der Waals surface area contributed by atoms with Crippen LogP contribution in [0.25, 0.3) is 16.7 Å². The third-order valence-electron chi connectivity index (χ3n) is 4.58. The van der Waals surface area contributed by atoms with E-state index in [4.69, 9.17) is 9.47 Å². The Morgan fingerprint density at radius 3 is 2.85 bits per heavy atom. The van der Waals surface area contributed by atoms with Crippen molar-refractivity contribution in [2.75, 3.05) is 25.1 Å². The second-order valence-corrected chi connectivity index (χ2v) is 6.39. The quantitative estimate of drug-likeness (QED) is 0.728. The number of benzene rings is 2. The zero-order valence-electron chi connectivity index (χ0n) is 15.1. The number of carbonyl (C=O) groups excluding carboxylic acids is 1. The summed E-state index contributed by atoms with van der Waals surface area (Å²) < 4.78 is 13.0. The van der Waals surface area contributed by atoms with Crippen molar-refractivity contribution in [3.63, 3.8) is 0 Å². The van der Waals surface area contributed by atoms with Gasteiger partial charge in [-0.3, -0.25) is 4.57 Å². The number of para-hydroxylation sites is 2. The van der Waals surface area contributed by atoms with Gasteiger partial charge in [0.2, 0.25) is 0 Å². The predicted molar refractivity (Wildman–Crippen MR) is 103 cm³/mol. The number of hydrogen-bond donors (Lipinski definition) is 2. The van der Waals surface area contributed by atoms with E-state index in [9.17, 15) is 4.79 Å². The van der Waals surface area contributed by atoms with Gasteiger partial charge in [0.05, 0.1) is 30.3 Å². The molecule has 7 nitrogen and oxygen atoms in total. The molecule has 0 saturated carbocycles. The van der Waals surface area contributed by atoms with Crippen LogP contribution in [0.3, 0.4) is 0 Å². The summed E-state index contributed by atoms with van der Waals surface area (Å²) in [5.74, 6) is 0. The molecule has 1 saturated heterocycles. The second-order valence-electron chi connectivity index (χ2n) is 6.39. The zero-order valence-corrected chi connectivity index (χ0v) is 15.1. The molecule has 2 amide bonds. The molecule has 4 rings (SSSR count). The van der Waals surface area contributed by atoms with Crippen LogP contribution < -0.4 is 10.6 Å². The van der Waals surface area contributed by atoms with Crippen LogP contribution in [0, 0.1) is 0 Å². The SMILES string of the molecule is CCO[C@@H]1COC[C@H]1NC(=O)Nc1ccc(-n2cnc3ccccc32)cc1. The summed E-state index contributed by atoms with van der Waals surface area (Å²) >= 11 is 0. The number of fused-ring (bicyclic) bond motifs is 1. The number of carbonyl (C=O) groups is 1. The summed E-state index contributed by atoms with van der Waals surface area (Å²) in [6.45, 7) is 3.50. The van der Waals surface area contributed by atoms with Gasteiger partial charge in [-0.2, -0.15) is 0 Å². The minimum Gasteiger partial charge on any atom is -0.376 e. The first-order valence-electron chi connectivity index (χ1n) is 9.04. The van der Waals surface area contributed by atoms with E-state index in [0.717, 1.165) is 16.7 Å². The fourth-order valence-electron chi connectivity index (χ4n) is 3.25. The van der Waals surface area contributed by atoms with E-state index in [1.807, 2.05) is 60.0 Å². The summed E-state index contributed by atoms with van der Waals surface area (Å²) in [4.78, 5) is 16.7. The predicted octanol–water partition coefficient (Wildman–Crippen LogP) is 2.95. The summed E-state index contributed by atoms with van der Waals surface area (Å²) in [5, 5.41) is 5.77. The normalized spacial score (nSPS) is 19.3. The molecule has 140 valence electrons. The van der Waals surface area contributed by atoms with Crippen molar-refractivity contribution in [1.29, 1.82) is 0 Å². The highest BCUT2D eigenvalue weighted by atomic mass is 16.5. The Balaban J connectivity index is 1.41. The van der Waals surface area contributed by atoms with Gasteiger partial charge in [0.25, 0.3) is 0 Å². The summed E-state index contributed by atoms with van der Waals surface area (Å²) in [6.07, 6.45) is 1.70. The van der Waals surface area contributed by atoms with Crippen LogP contribution in [0.15, 0.2) is 54.9 Å². The first kappa shape index (κ1) is 17.5. The number of nitrogens with one attached hydrogen (secondary N) is 2. The van der Waals surface area contributed by atoms with Crippen molar-refractivity contribution in [2.24, 2.45) is 0 Å². The van der Waals surface area contributed by atoms with E-state index in [1.54, 1.807) is 6.33 Å². The molecule has 3 aromatic rings. The van der Waals surface area contributed by atoms with Crippen LogP contribution in [0.1, 0.15) is 6.92 Å². The average molecular weight is 366 g/mol. The van der Waals surface area contributed by atoms with Crippen molar-refractivity contribution < 1.29 is 14.3 Å². The topological polar surface area (TPSA) is 77.4 Å². The molecular formula is C20H22N4O3. The number of hydrogen-bond acceptors (Lipinski definition) is 4. The summed E-state index contributed by atoms with van der Waals surface area (Å²) in [7, 11) is 0. The number of imidazole rings is 1. The molecule has 0 radical (unpaired) electrons. The monoisotopic (exact) mass is 366 g/mol. The van der Waals surface area contributed by atoms with Crippen LogP contribution >= 0.6 is 0 Å². The van der Waals surface area contributed by atoms with Crippen LogP contribution in [-0.2, 0) is 9.47 Å². The van der Waals surface area contributed by atoms with Crippen molar-refractivity contribution in [1.82, 2.24) is 14.9 Å². The minimum atomic E-state index is -0.268. The van der Waals surface area contributed by atoms with E-state index in [0.29, 0.717) is 25.5 Å².